The summed E-state index contributed by atoms with van der Waals surface area (Å²) in [7, 11) is 0. The van der Waals surface area contributed by atoms with E-state index < -0.39 is 0 Å². The number of anilines is 1. The highest BCUT2D eigenvalue weighted by molar-refractivity contribution is 14.1. The quantitative estimate of drug-likeness (QED) is 0.654. The zero-order valence-corrected chi connectivity index (χ0v) is 6.16. The molecule has 4 heteroatoms. The van der Waals surface area contributed by atoms with E-state index in [0.29, 0.717) is 5.69 Å². The third-order valence-corrected chi connectivity index (χ3v) is 1.17. The molecule has 1 aromatic rings. The molecule has 1 rings (SSSR count). The Morgan fingerprint density at radius 2 is 2.38 bits per heavy atom. The van der Waals surface area contributed by atoms with Gasteiger partial charge in [0.1, 0.15) is 3.70 Å². The molecule has 0 unspecified atom stereocenters. The first-order chi connectivity index (χ1) is 3.79. The van der Waals surface area contributed by atoms with Crippen LogP contribution in [0, 0.1) is 3.70 Å². The van der Waals surface area contributed by atoms with Crippen LogP contribution in [0.25, 0.3) is 0 Å². The first kappa shape index (κ1) is 5.74. The van der Waals surface area contributed by atoms with E-state index in [1.54, 1.807) is 6.07 Å². The molecule has 0 aliphatic heterocycles. The number of nitrogens with zero attached hydrogens (tertiary/aromatic N) is 2. The Kier molecular flexibility index (Phi) is 1.62. The molecular formula is C4H4IN3. The standard InChI is InChI=1S/C4H4IN3/c5-4-1-3(6)2-7-8-4/h1-2H,(H2,6,8). The van der Waals surface area contributed by atoms with Crippen LogP contribution in [0.2, 0.25) is 0 Å². The minimum atomic E-state index is 0.657. The van der Waals surface area contributed by atoms with Crippen molar-refractivity contribution in [3.8, 4) is 0 Å². The number of nitrogens with two attached hydrogens (primary N) is 1. The fourth-order valence-electron chi connectivity index (χ4n) is 0.354. The first-order valence-corrected chi connectivity index (χ1v) is 3.10. The van der Waals surface area contributed by atoms with Gasteiger partial charge in [0.2, 0.25) is 0 Å². The topological polar surface area (TPSA) is 51.8 Å². The monoisotopic (exact) mass is 221 g/mol. The van der Waals surface area contributed by atoms with Gasteiger partial charge in [-0.1, -0.05) is 0 Å². The molecular weight excluding hydrogens is 217 g/mol. The molecule has 42 valence electrons. The number of rotatable bonds is 0. The SMILES string of the molecule is Nc1cnnc(I)c1. The van der Waals surface area contributed by atoms with Gasteiger partial charge in [0.15, 0.2) is 0 Å². The zero-order chi connectivity index (χ0) is 5.98. The first-order valence-electron chi connectivity index (χ1n) is 2.03. The summed E-state index contributed by atoms with van der Waals surface area (Å²) in [5, 5.41) is 7.30. The Morgan fingerprint density at radius 3 is 2.75 bits per heavy atom. The number of halogens is 1. The molecule has 0 spiro atoms. The molecule has 1 heterocycles. The second-order valence-electron chi connectivity index (χ2n) is 1.31. The van der Waals surface area contributed by atoms with Crippen LogP contribution in [0.4, 0.5) is 5.69 Å². The van der Waals surface area contributed by atoms with Crippen molar-refractivity contribution in [3.63, 3.8) is 0 Å². The third-order valence-electron chi connectivity index (χ3n) is 0.646. The average Bonchev–Trinajstić information content (AvgIpc) is 1.64. The predicted molar refractivity (Wildman–Crippen MR) is 39.2 cm³/mol. The lowest BCUT2D eigenvalue weighted by Crippen LogP contribution is -1.89. The van der Waals surface area contributed by atoms with E-state index >= 15 is 0 Å². The van der Waals surface area contributed by atoms with Crippen LogP contribution in [-0.2, 0) is 0 Å². The van der Waals surface area contributed by atoms with Gasteiger partial charge in [-0.05, 0) is 28.7 Å². The van der Waals surface area contributed by atoms with Crippen molar-refractivity contribution in [1.82, 2.24) is 10.2 Å². The van der Waals surface area contributed by atoms with Gasteiger partial charge in [-0.3, -0.25) is 0 Å². The fraction of sp³-hybridized carbons (Fsp3) is 0. The molecule has 0 bridgehead atoms. The van der Waals surface area contributed by atoms with E-state index in [2.05, 4.69) is 32.8 Å². The van der Waals surface area contributed by atoms with Gasteiger partial charge in [-0.15, -0.1) is 5.10 Å². The minimum absolute atomic E-state index is 0.657. The van der Waals surface area contributed by atoms with Gasteiger partial charge in [0.05, 0.1) is 11.9 Å². The summed E-state index contributed by atoms with van der Waals surface area (Å²) in [6.45, 7) is 0. The second-order valence-corrected chi connectivity index (χ2v) is 2.42. The smallest absolute Gasteiger partial charge is 0.126 e. The Hall–Kier alpha value is -0.390. The van der Waals surface area contributed by atoms with Crippen LogP contribution in [-0.4, -0.2) is 10.2 Å². The molecule has 8 heavy (non-hydrogen) atoms. The summed E-state index contributed by atoms with van der Waals surface area (Å²) < 4.78 is 0.822. The van der Waals surface area contributed by atoms with Crippen molar-refractivity contribution >= 4 is 28.3 Å². The van der Waals surface area contributed by atoms with Gasteiger partial charge >= 0.3 is 0 Å². The van der Waals surface area contributed by atoms with Crippen LogP contribution in [0.15, 0.2) is 12.3 Å². The highest BCUT2D eigenvalue weighted by Gasteiger charge is 1.85. The Bertz CT molecular complexity index is 171. The fourth-order valence-corrected chi connectivity index (χ4v) is 0.839. The van der Waals surface area contributed by atoms with Crippen LogP contribution < -0.4 is 5.73 Å². The van der Waals surface area contributed by atoms with Crippen molar-refractivity contribution in [3.05, 3.63) is 16.0 Å². The molecule has 0 aliphatic rings. The predicted octanol–water partition coefficient (Wildman–Crippen LogP) is 0.663. The van der Waals surface area contributed by atoms with Crippen LogP contribution in [0.1, 0.15) is 0 Å². The maximum absolute atomic E-state index is 5.35. The molecule has 0 saturated carbocycles. The highest BCUT2D eigenvalue weighted by atomic mass is 127. The maximum Gasteiger partial charge on any atom is 0.126 e. The normalized spacial score (nSPS) is 9.12. The van der Waals surface area contributed by atoms with Crippen LogP contribution in [0.5, 0.6) is 0 Å². The lowest BCUT2D eigenvalue weighted by atomic mass is 10.5. The molecule has 1 aromatic heterocycles. The Morgan fingerprint density at radius 1 is 1.62 bits per heavy atom. The summed E-state index contributed by atoms with van der Waals surface area (Å²) in [4.78, 5) is 0. The van der Waals surface area contributed by atoms with Gasteiger partial charge in [0.25, 0.3) is 0 Å². The number of nitrogen functional groups attached to an aromatic ring is 1. The van der Waals surface area contributed by atoms with E-state index in [1.165, 1.54) is 6.20 Å². The summed E-state index contributed by atoms with van der Waals surface area (Å²) in [5.41, 5.74) is 6.01. The molecule has 2 N–H and O–H groups in total. The van der Waals surface area contributed by atoms with E-state index in [9.17, 15) is 0 Å². The van der Waals surface area contributed by atoms with Crippen LogP contribution in [0.3, 0.4) is 0 Å². The molecule has 0 radical (unpaired) electrons. The lowest BCUT2D eigenvalue weighted by Gasteiger charge is -1.87. The molecule has 0 atom stereocenters. The summed E-state index contributed by atoms with van der Waals surface area (Å²) >= 11 is 2.05. The summed E-state index contributed by atoms with van der Waals surface area (Å²) in [5.74, 6) is 0. The lowest BCUT2D eigenvalue weighted by molar-refractivity contribution is 1.01. The highest BCUT2D eigenvalue weighted by Crippen LogP contribution is 2.01. The zero-order valence-electron chi connectivity index (χ0n) is 4.00. The summed E-state index contributed by atoms with van der Waals surface area (Å²) in [6.07, 6.45) is 1.52. The summed E-state index contributed by atoms with van der Waals surface area (Å²) in [6, 6.07) is 1.76. The Labute approximate surface area is 60.4 Å². The average molecular weight is 221 g/mol. The number of aromatic nitrogens is 2. The molecule has 0 fully saturated rings. The van der Waals surface area contributed by atoms with E-state index in [-0.39, 0.29) is 0 Å². The van der Waals surface area contributed by atoms with E-state index in [1.807, 2.05) is 0 Å². The van der Waals surface area contributed by atoms with E-state index in [4.69, 9.17) is 5.73 Å². The van der Waals surface area contributed by atoms with Crippen LogP contribution >= 0.6 is 22.6 Å². The maximum atomic E-state index is 5.35. The van der Waals surface area contributed by atoms with Crippen molar-refractivity contribution in [2.75, 3.05) is 5.73 Å². The van der Waals surface area contributed by atoms with Crippen molar-refractivity contribution in [2.24, 2.45) is 0 Å². The minimum Gasteiger partial charge on any atom is -0.397 e. The molecule has 0 saturated heterocycles. The largest absolute Gasteiger partial charge is 0.397 e. The number of hydrogen-bond donors (Lipinski definition) is 1. The van der Waals surface area contributed by atoms with Crippen molar-refractivity contribution < 1.29 is 0 Å². The van der Waals surface area contributed by atoms with Gasteiger partial charge < -0.3 is 5.73 Å². The number of hydrogen-bond acceptors (Lipinski definition) is 3. The molecule has 0 aliphatic carbocycles. The van der Waals surface area contributed by atoms with E-state index in [0.717, 1.165) is 3.70 Å². The van der Waals surface area contributed by atoms with Gasteiger partial charge in [0, 0.05) is 0 Å². The molecule has 0 amide bonds. The molecule has 3 nitrogen and oxygen atoms in total. The van der Waals surface area contributed by atoms with Gasteiger partial charge in [-0.2, -0.15) is 5.10 Å². The Balaban J connectivity index is 3.08. The van der Waals surface area contributed by atoms with Crippen molar-refractivity contribution in [2.45, 2.75) is 0 Å². The second kappa shape index (κ2) is 2.25. The molecule has 0 aromatic carbocycles. The van der Waals surface area contributed by atoms with Gasteiger partial charge in [-0.25, -0.2) is 0 Å². The van der Waals surface area contributed by atoms with Crippen molar-refractivity contribution in [1.29, 1.82) is 0 Å². The third kappa shape index (κ3) is 1.29.